The lowest BCUT2D eigenvalue weighted by Gasteiger charge is -2.18. The Kier molecular flexibility index (Phi) is 3.26. The SMILES string of the molecule is Cc1cc(C)c2c(CCC(=O)O)c3n(c2c1)CCNC3. The number of benzene rings is 1. The molecule has 0 bridgehead atoms. The summed E-state index contributed by atoms with van der Waals surface area (Å²) in [5.74, 6) is -0.730. The van der Waals surface area contributed by atoms with E-state index in [1.807, 2.05) is 0 Å². The van der Waals surface area contributed by atoms with Crippen molar-refractivity contribution in [3.63, 3.8) is 0 Å². The number of nitrogens with one attached hydrogen (secondary N) is 1. The van der Waals surface area contributed by atoms with E-state index in [1.54, 1.807) is 0 Å². The first-order valence-corrected chi connectivity index (χ1v) is 7.11. The number of fused-ring (bicyclic) bond motifs is 3. The number of carboxylic acid groups (broad SMARTS) is 1. The van der Waals surface area contributed by atoms with Gasteiger partial charge in [0.25, 0.3) is 0 Å². The van der Waals surface area contributed by atoms with Crippen LogP contribution in [0.5, 0.6) is 0 Å². The van der Waals surface area contributed by atoms with Crippen LogP contribution in [0.4, 0.5) is 0 Å². The third-order valence-electron chi connectivity index (χ3n) is 4.12. The zero-order chi connectivity index (χ0) is 14.3. The number of carboxylic acids is 1. The molecule has 20 heavy (non-hydrogen) atoms. The highest BCUT2D eigenvalue weighted by molar-refractivity contribution is 5.90. The van der Waals surface area contributed by atoms with Crippen molar-refractivity contribution in [1.29, 1.82) is 0 Å². The van der Waals surface area contributed by atoms with Crippen LogP contribution < -0.4 is 5.32 Å². The lowest BCUT2D eigenvalue weighted by molar-refractivity contribution is -0.136. The van der Waals surface area contributed by atoms with Gasteiger partial charge in [0.05, 0.1) is 0 Å². The number of carbonyl (C=O) groups is 1. The van der Waals surface area contributed by atoms with E-state index in [2.05, 4.69) is 35.9 Å². The van der Waals surface area contributed by atoms with Gasteiger partial charge in [-0.1, -0.05) is 6.07 Å². The van der Waals surface area contributed by atoms with Crippen molar-refractivity contribution < 1.29 is 9.90 Å². The minimum absolute atomic E-state index is 0.194. The predicted molar refractivity (Wildman–Crippen MR) is 79.1 cm³/mol. The van der Waals surface area contributed by atoms with Gasteiger partial charge in [0, 0.05) is 42.7 Å². The Morgan fingerprint density at radius 3 is 2.95 bits per heavy atom. The van der Waals surface area contributed by atoms with Gasteiger partial charge in [-0.05, 0) is 43.0 Å². The second-order valence-electron chi connectivity index (χ2n) is 5.62. The van der Waals surface area contributed by atoms with E-state index in [4.69, 9.17) is 5.11 Å². The molecule has 4 heteroatoms. The van der Waals surface area contributed by atoms with Crippen LogP contribution in [0.2, 0.25) is 0 Å². The first-order chi connectivity index (χ1) is 9.58. The number of nitrogens with zero attached hydrogens (tertiary/aromatic N) is 1. The average Bonchev–Trinajstić information content (AvgIpc) is 2.71. The van der Waals surface area contributed by atoms with Gasteiger partial charge in [0.1, 0.15) is 0 Å². The zero-order valence-corrected chi connectivity index (χ0v) is 12.0. The monoisotopic (exact) mass is 272 g/mol. The second-order valence-corrected chi connectivity index (χ2v) is 5.62. The van der Waals surface area contributed by atoms with E-state index in [1.165, 1.54) is 33.3 Å². The summed E-state index contributed by atoms with van der Waals surface area (Å²) in [6.45, 7) is 7.01. The summed E-state index contributed by atoms with van der Waals surface area (Å²) in [6, 6.07) is 4.41. The average molecular weight is 272 g/mol. The molecule has 2 aromatic rings. The lowest BCUT2D eigenvalue weighted by Crippen LogP contribution is -2.28. The molecule has 3 rings (SSSR count). The molecule has 0 atom stereocenters. The highest BCUT2D eigenvalue weighted by Gasteiger charge is 2.21. The zero-order valence-electron chi connectivity index (χ0n) is 12.0. The second kappa shape index (κ2) is 4.94. The van der Waals surface area contributed by atoms with E-state index in [-0.39, 0.29) is 6.42 Å². The molecule has 4 nitrogen and oxygen atoms in total. The Labute approximate surface area is 118 Å². The Morgan fingerprint density at radius 1 is 1.40 bits per heavy atom. The fourth-order valence-corrected chi connectivity index (χ4v) is 3.36. The fraction of sp³-hybridized carbons (Fsp3) is 0.438. The number of hydrogen-bond acceptors (Lipinski definition) is 2. The van der Waals surface area contributed by atoms with E-state index in [9.17, 15) is 4.79 Å². The van der Waals surface area contributed by atoms with Gasteiger partial charge < -0.3 is 15.0 Å². The van der Waals surface area contributed by atoms with Crippen molar-refractivity contribution in [3.05, 3.63) is 34.5 Å². The van der Waals surface area contributed by atoms with Gasteiger partial charge in [-0.15, -0.1) is 0 Å². The standard InChI is InChI=1S/C16H20N2O2/c1-10-7-11(2)16-12(3-4-15(19)20)14-9-17-5-6-18(14)13(16)8-10/h7-8,17H,3-6,9H2,1-2H3,(H,19,20). The van der Waals surface area contributed by atoms with Crippen molar-refractivity contribution in [2.24, 2.45) is 0 Å². The predicted octanol–water partition coefficient (Wildman–Crippen LogP) is 2.38. The van der Waals surface area contributed by atoms with Crippen molar-refractivity contribution in [2.45, 2.75) is 39.8 Å². The summed E-state index contributed by atoms with van der Waals surface area (Å²) in [5, 5.41) is 13.6. The van der Waals surface area contributed by atoms with Gasteiger partial charge in [0.2, 0.25) is 0 Å². The van der Waals surface area contributed by atoms with Crippen LogP contribution in [0.1, 0.15) is 28.8 Å². The molecular formula is C16H20N2O2. The largest absolute Gasteiger partial charge is 0.481 e. The van der Waals surface area contributed by atoms with Crippen molar-refractivity contribution in [1.82, 2.24) is 9.88 Å². The maximum absolute atomic E-state index is 10.9. The normalized spacial score (nSPS) is 14.5. The molecule has 0 amide bonds. The molecule has 0 saturated heterocycles. The third-order valence-corrected chi connectivity index (χ3v) is 4.12. The molecule has 106 valence electrons. The summed E-state index contributed by atoms with van der Waals surface area (Å²) in [6.07, 6.45) is 0.805. The molecule has 0 fully saturated rings. The molecule has 1 aliphatic rings. The van der Waals surface area contributed by atoms with Crippen LogP contribution in [0.25, 0.3) is 10.9 Å². The first-order valence-electron chi connectivity index (χ1n) is 7.11. The van der Waals surface area contributed by atoms with E-state index in [0.29, 0.717) is 6.42 Å². The minimum Gasteiger partial charge on any atom is -0.481 e. The third kappa shape index (κ3) is 2.10. The summed E-state index contributed by atoms with van der Waals surface area (Å²) >= 11 is 0. The smallest absolute Gasteiger partial charge is 0.303 e. The van der Waals surface area contributed by atoms with Crippen LogP contribution >= 0.6 is 0 Å². The highest BCUT2D eigenvalue weighted by Crippen LogP contribution is 2.32. The number of aryl methyl sites for hydroxylation is 3. The summed E-state index contributed by atoms with van der Waals surface area (Å²) < 4.78 is 2.36. The Bertz CT molecular complexity index is 686. The molecular weight excluding hydrogens is 252 g/mol. The summed E-state index contributed by atoms with van der Waals surface area (Å²) in [7, 11) is 0. The van der Waals surface area contributed by atoms with Crippen molar-refractivity contribution >= 4 is 16.9 Å². The Morgan fingerprint density at radius 2 is 2.20 bits per heavy atom. The van der Waals surface area contributed by atoms with E-state index in [0.717, 1.165) is 19.6 Å². The van der Waals surface area contributed by atoms with Crippen LogP contribution in [0, 0.1) is 13.8 Å². The van der Waals surface area contributed by atoms with Gasteiger partial charge in [-0.2, -0.15) is 0 Å². The maximum atomic E-state index is 10.9. The maximum Gasteiger partial charge on any atom is 0.303 e. The van der Waals surface area contributed by atoms with E-state index >= 15 is 0 Å². The molecule has 0 radical (unpaired) electrons. The molecule has 2 N–H and O–H groups in total. The molecule has 0 aliphatic carbocycles. The molecule has 0 saturated carbocycles. The number of aliphatic carboxylic acids is 1. The van der Waals surface area contributed by atoms with Crippen molar-refractivity contribution in [3.8, 4) is 0 Å². The topological polar surface area (TPSA) is 54.3 Å². The van der Waals surface area contributed by atoms with Gasteiger partial charge in [0.15, 0.2) is 0 Å². The molecule has 0 unspecified atom stereocenters. The number of aromatic nitrogens is 1. The van der Waals surface area contributed by atoms with Gasteiger partial charge in [-0.25, -0.2) is 0 Å². The first kappa shape index (κ1) is 13.2. The van der Waals surface area contributed by atoms with Crippen LogP contribution in [-0.2, 0) is 24.3 Å². The van der Waals surface area contributed by atoms with Crippen LogP contribution in [0.3, 0.4) is 0 Å². The summed E-state index contributed by atoms with van der Waals surface area (Å²) in [5.41, 5.74) is 6.26. The number of hydrogen-bond donors (Lipinski definition) is 2. The quantitative estimate of drug-likeness (QED) is 0.902. The highest BCUT2D eigenvalue weighted by atomic mass is 16.4. The molecule has 1 aromatic heterocycles. The Balaban J connectivity index is 2.23. The van der Waals surface area contributed by atoms with Crippen LogP contribution in [-0.4, -0.2) is 22.2 Å². The fourth-order valence-electron chi connectivity index (χ4n) is 3.36. The van der Waals surface area contributed by atoms with Crippen molar-refractivity contribution in [2.75, 3.05) is 6.54 Å². The van der Waals surface area contributed by atoms with Gasteiger partial charge in [-0.3, -0.25) is 4.79 Å². The molecule has 1 aliphatic heterocycles. The summed E-state index contributed by atoms with van der Waals surface area (Å²) in [4.78, 5) is 10.9. The lowest BCUT2D eigenvalue weighted by atomic mass is 10.00. The minimum atomic E-state index is -0.730. The molecule has 0 spiro atoms. The number of rotatable bonds is 3. The Hall–Kier alpha value is -1.81. The van der Waals surface area contributed by atoms with Gasteiger partial charge >= 0.3 is 5.97 Å². The molecule has 1 aromatic carbocycles. The van der Waals surface area contributed by atoms with Crippen LogP contribution in [0.15, 0.2) is 12.1 Å². The van der Waals surface area contributed by atoms with E-state index < -0.39 is 5.97 Å². The molecule has 2 heterocycles.